The second-order valence-electron chi connectivity index (χ2n) is 12.0. The molecule has 2 heterocycles. The Kier molecular flexibility index (Phi) is 7.87. The molecule has 0 saturated heterocycles. The number of hydrogen-bond acceptors (Lipinski definition) is 2. The normalized spacial score (nSPS) is 18.0. The summed E-state index contributed by atoms with van der Waals surface area (Å²) in [4.78, 5) is 5.34. The van der Waals surface area contributed by atoms with Gasteiger partial charge in [-0.2, -0.15) is 4.58 Å². The van der Waals surface area contributed by atoms with Crippen LogP contribution in [0.2, 0.25) is 0 Å². The highest BCUT2D eigenvalue weighted by atomic mass is 15.2. The van der Waals surface area contributed by atoms with E-state index in [1.165, 1.54) is 44.7 Å². The zero-order valence-electron chi connectivity index (χ0n) is 24.7. The number of rotatable bonds is 10. The molecule has 0 N–H and O–H groups in total. The number of hydrogen-bond donors (Lipinski definition) is 0. The van der Waals surface area contributed by atoms with Crippen LogP contribution in [0.4, 0.5) is 11.4 Å². The molecule has 0 saturated carbocycles. The van der Waals surface area contributed by atoms with E-state index in [0.29, 0.717) is 6.54 Å². The monoisotopic (exact) mass is 532 g/mol. The van der Waals surface area contributed by atoms with Crippen LogP contribution < -0.4 is 4.90 Å². The van der Waals surface area contributed by atoms with Crippen LogP contribution in [0.1, 0.15) is 71.4 Å². The molecular weight excluding hydrogens is 490 g/mol. The molecule has 40 heavy (non-hydrogen) atoms. The summed E-state index contributed by atoms with van der Waals surface area (Å²) in [5.41, 5.74) is 16.5. The van der Waals surface area contributed by atoms with Gasteiger partial charge < -0.3 is 4.90 Å². The first-order valence-corrected chi connectivity index (χ1v) is 14.8. The van der Waals surface area contributed by atoms with Gasteiger partial charge in [-0.15, -0.1) is 0 Å². The number of para-hydroxylation sites is 1. The number of azide groups is 1. The van der Waals surface area contributed by atoms with Crippen LogP contribution in [-0.2, 0) is 10.8 Å². The summed E-state index contributed by atoms with van der Waals surface area (Å²) in [5, 5.41) is 6.32. The van der Waals surface area contributed by atoms with Crippen LogP contribution in [-0.4, -0.2) is 29.9 Å². The van der Waals surface area contributed by atoms with E-state index >= 15 is 0 Å². The van der Waals surface area contributed by atoms with Crippen molar-refractivity contribution in [2.45, 2.75) is 71.1 Å². The fourth-order valence-electron chi connectivity index (χ4n) is 6.84. The number of fused-ring (bicyclic) bond motifs is 4. The van der Waals surface area contributed by atoms with Gasteiger partial charge in [-0.1, -0.05) is 73.9 Å². The molecule has 206 valence electrons. The van der Waals surface area contributed by atoms with Crippen molar-refractivity contribution in [2.75, 3.05) is 24.5 Å². The van der Waals surface area contributed by atoms with Crippen molar-refractivity contribution in [3.8, 4) is 0 Å². The smallest absolute Gasteiger partial charge is 0.210 e. The van der Waals surface area contributed by atoms with Gasteiger partial charge in [-0.3, -0.25) is 0 Å². The minimum Gasteiger partial charge on any atom is -0.344 e. The van der Waals surface area contributed by atoms with E-state index in [1.807, 2.05) is 0 Å². The molecule has 0 aliphatic carbocycles. The molecular formula is C35H42N5+. The molecule has 3 aromatic carbocycles. The Balaban J connectivity index is 1.50. The third kappa shape index (κ3) is 4.84. The molecule has 2 aliphatic heterocycles. The first-order valence-electron chi connectivity index (χ1n) is 14.8. The predicted molar refractivity (Wildman–Crippen MR) is 169 cm³/mol. The Morgan fingerprint density at radius 3 is 2.45 bits per heavy atom. The molecule has 0 bridgehead atoms. The standard InChI is InChI=1S/C35H42N5/c1-6-39-29-19-12-11-18-28(29)34(2,3)31(39)20-15-21-32-35(4,5)33-27-17-10-9-16-26(27)22-23-30(33)40(32)25-14-8-7-13-24-37-38-36/h9-12,15-23H,6-8,13-14,24-25H2,1-5H3/q+1. The summed E-state index contributed by atoms with van der Waals surface area (Å²) in [6.07, 6.45) is 11.2. The molecule has 0 amide bonds. The van der Waals surface area contributed by atoms with Gasteiger partial charge in [0.05, 0.1) is 5.41 Å². The van der Waals surface area contributed by atoms with Gasteiger partial charge in [0, 0.05) is 58.9 Å². The maximum atomic E-state index is 8.54. The van der Waals surface area contributed by atoms with E-state index in [0.717, 1.165) is 38.8 Å². The lowest BCUT2D eigenvalue weighted by Gasteiger charge is -2.25. The number of benzene rings is 3. The first kappa shape index (κ1) is 27.7. The van der Waals surface area contributed by atoms with E-state index in [4.69, 9.17) is 5.53 Å². The molecule has 5 heteroatoms. The minimum atomic E-state index is -0.120. The van der Waals surface area contributed by atoms with E-state index in [9.17, 15) is 0 Å². The van der Waals surface area contributed by atoms with Crippen LogP contribution in [0, 0.1) is 0 Å². The van der Waals surface area contributed by atoms with E-state index in [-0.39, 0.29) is 10.8 Å². The number of nitrogens with zero attached hydrogens (tertiary/aromatic N) is 5. The SMILES string of the molecule is CCN1/C(=C/C=C/C2=[N+](CCCCCCN=[N+]=[N-])c3ccc4ccccc4c3C2(C)C)C(C)(C)c2ccccc21. The zero-order valence-corrected chi connectivity index (χ0v) is 24.7. The minimum absolute atomic E-state index is 0.0404. The van der Waals surface area contributed by atoms with E-state index in [2.05, 4.69) is 133 Å². The van der Waals surface area contributed by atoms with Crippen molar-refractivity contribution in [3.05, 3.63) is 106 Å². The second kappa shape index (κ2) is 11.3. The van der Waals surface area contributed by atoms with Gasteiger partial charge in [0.2, 0.25) is 5.69 Å². The number of anilines is 1. The fraction of sp³-hybridized carbons (Fsp3) is 0.400. The van der Waals surface area contributed by atoms with E-state index < -0.39 is 0 Å². The predicted octanol–water partition coefficient (Wildman–Crippen LogP) is 9.34. The largest absolute Gasteiger partial charge is 0.344 e. The van der Waals surface area contributed by atoms with Crippen molar-refractivity contribution in [1.82, 2.24) is 0 Å². The molecule has 0 aromatic heterocycles. The van der Waals surface area contributed by atoms with Crippen molar-refractivity contribution in [2.24, 2.45) is 5.11 Å². The molecule has 0 unspecified atom stereocenters. The Hall–Kier alpha value is -3.82. The second-order valence-corrected chi connectivity index (χ2v) is 12.0. The third-order valence-corrected chi connectivity index (χ3v) is 8.83. The van der Waals surface area contributed by atoms with Crippen molar-refractivity contribution >= 4 is 27.9 Å². The molecule has 0 spiro atoms. The summed E-state index contributed by atoms with van der Waals surface area (Å²) >= 11 is 0. The molecule has 2 aliphatic rings. The van der Waals surface area contributed by atoms with Crippen LogP contribution in [0.15, 0.2) is 89.7 Å². The van der Waals surface area contributed by atoms with Gasteiger partial charge in [-0.05, 0) is 73.7 Å². The van der Waals surface area contributed by atoms with Crippen LogP contribution in [0.3, 0.4) is 0 Å². The zero-order chi connectivity index (χ0) is 28.3. The lowest BCUT2D eigenvalue weighted by atomic mass is 9.79. The van der Waals surface area contributed by atoms with Crippen molar-refractivity contribution in [3.63, 3.8) is 0 Å². The van der Waals surface area contributed by atoms with Crippen LogP contribution in [0.25, 0.3) is 21.2 Å². The lowest BCUT2D eigenvalue weighted by Crippen LogP contribution is -2.28. The quantitative estimate of drug-likeness (QED) is 0.0843. The summed E-state index contributed by atoms with van der Waals surface area (Å²) in [5.74, 6) is 0. The molecule has 3 aromatic rings. The highest BCUT2D eigenvalue weighted by Gasteiger charge is 2.45. The molecule has 0 atom stereocenters. The first-order chi connectivity index (χ1) is 19.3. The molecule has 0 fully saturated rings. The Morgan fingerprint density at radius 2 is 1.65 bits per heavy atom. The highest BCUT2D eigenvalue weighted by Crippen LogP contribution is 2.48. The average Bonchev–Trinajstić information content (AvgIpc) is 3.31. The van der Waals surface area contributed by atoms with Crippen molar-refractivity contribution < 1.29 is 4.58 Å². The molecule has 5 nitrogen and oxygen atoms in total. The number of allylic oxidation sites excluding steroid dienone is 4. The Bertz CT molecular complexity index is 1550. The molecule has 0 radical (unpaired) electrons. The van der Waals surface area contributed by atoms with Gasteiger partial charge in [0.1, 0.15) is 6.54 Å². The van der Waals surface area contributed by atoms with Gasteiger partial charge in [-0.25, -0.2) is 0 Å². The van der Waals surface area contributed by atoms with Gasteiger partial charge in [0.15, 0.2) is 5.71 Å². The Morgan fingerprint density at radius 1 is 0.900 bits per heavy atom. The fourth-order valence-corrected chi connectivity index (χ4v) is 6.84. The maximum absolute atomic E-state index is 8.54. The van der Waals surface area contributed by atoms with Crippen molar-refractivity contribution in [1.29, 1.82) is 0 Å². The highest BCUT2D eigenvalue weighted by molar-refractivity contribution is 6.07. The molecule has 5 rings (SSSR count). The lowest BCUT2D eigenvalue weighted by molar-refractivity contribution is -0.438. The van der Waals surface area contributed by atoms with Gasteiger partial charge >= 0.3 is 0 Å². The average molecular weight is 533 g/mol. The topological polar surface area (TPSA) is 55.0 Å². The van der Waals surface area contributed by atoms with Gasteiger partial charge in [0.25, 0.3) is 0 Å². The maximum Gasteiger partial charge on any atom is 0.210 e. The third-order valence-electron chi connectivity index (χ3n) is 8.83. The van der Waals surface area contributed by atoms with E-state index in [1.54, 1.807) is 0 Å². The summed E-state index contributed by atoms with van der Waals surface area (Å²) < 4.78 is 2.55. The van der Waals surface area contributed by atoms with Crippen LogP contribution >= 0.6 is 0 Å². The van der Waals surface area contributed by atoms with Crippen LogP contribution in [0.5, 0.6) is 0 Å². The number of unbranched alkanes of at least 4 members (excludes halogenated alkanes) is 3. The summed E-state index contributed by atoms with van der Waals surface area (Å²) in [7, 11) is 0. The summed E-state index contributed by atoms with van der Waals surface area (Å²) in [6.45, 7) is 14.2. The summed E-state index contributed by atoms with van der Waals surface area (Å²) in [6, 6.07) is 22.2. The number of likely N-dealkylation sites (N-methyl/N-ethyl adjacent to an activating group) is 1. The Labute approximate surface area is 239 Å².